The summed E-state index contributed by atoms with van der Waals surface area (Å²) in [4.78, 5) is 23.2. The van der Waals surface area contributed by atoms with E-state index in [1.54, 1.807) is 24.3 Å². The van der Waals surface area contributed by atoms with Gasteiger partial charge in [0.15, 0.2) is 0 Å². The Kier molecular flexibility index (Phi) is 5.37. The van der Waals surface area contributed by atoms with Crippen LogP contribution in [0.1, 0.15) is 25.8 Å². The van der Waals surface area contributed by atoms with Crippen molar-refractivity contribution in [2.45, 2.75) is 33.2 Å². The minimum Gasteiger partial charge on any atom is -0.348 e. The van der Waals surface area contributed by atoms with Crippen molar-refractivity contribution in [1.29, 1.82) is 0 Å². The van der Waals surface area contributed by atoms with Gasteiger partial charge in [0, 0.05) is 43.0 Å². The van der Waals surface area contributed by atoms with E-state index in [4.69, 9.17) is 0 Å². The lowest BCUT2D eigenvalue weighted by atomic mass is 10.1. The van der Waals surface area contributed by atoms with E-state index in [1.807, 2.05) is 0 Å². The van der Waals surface area contributed by atoms with E-state index >= 15 is 0 Å². The van der Waals surface area contributed by atoms with Crippen molar-refractivity contribution >= 4 is 34.1 Å². The van der Waals surface area contributed by atoms with Crippen molar-refractivity contribution in [3.8, 4) is 0 Å². The fourth-order valence-electron chi connectivity index (χ4n) is 2.98. The first kappa shape index (κ1) is 17.7. The molecule has 26 heavy (non-hydrogen) atoms. The van der Waals surface area contributed by atoms with Gasteiger partial charge in [0.25, 0.3) is 0 Å². The van der Waals surface area contributed by atoms with Gasteiger partial charge in [-0.2, -0.15) is 0 Å². The van der Waals surface area contributed by atoms with E-state index < -0.39 is 0 Å². The number of carbonyl (C=O) groups excluding carboxylic acids is 2. The Hall–Kier alpha value is -3.08. The van der Waals surface area contributed by atoms with Crippen molar-refractivity contribution in [2.75, 3.05) is 10.6 Å². The summed E-state index contributed by atoms with van der Waals surface area (Å²) in [7, 11) is 0. The maximum Gasteiger partial charge on any atom is 0.224 e. The molecule has 5 nitrogen and oxygen atoms in total. The first-order valence-electron chi connectivity index (χ1n) is 8.80. The first-order chi connectivity index (χ1) is 12.5. The molecule has 0 aliphatic heterocycles. The van der Waals surface area contributed by atoms with Gasteiger partial charge in [0.05, 0.1) is 0 Å². The topological polar surface area (TPSA) is 63.1 Å². The lowest BCUT2D eigenvalue weighted by molar-refractivity contribution is -0.116. The number of amides is 2. The number of hydrogen-bond donors (Lipinski definition) is 2. The van der Waals surface area contributed by atoms with Crippen LogP contribution < -0.4 is 10.6 Å². The lowest BCUT2D eigenvalue weighted by Gasteiger charge is -2.08. The highest BCUT2D eigenvalue weighted by molar-refractivity contribution is 5.92. The van der Waals surface area contributed by atoms with Crippen molar-refractivity contribution in [2.24, 2.45) is 0 Å². The van der Waals surface area contributed by atoms with Gasteiger partial charge in [-0.15, -0.1) is 0 Å². The molecular weight excluding hydrogens is 326 g/mol. The molecular formula is C21H23N3O2. The zero-order chi connectivity index (χ0) is 18.5. The number of hydrogen-bond acceptors (Lipinski definition) is 2. The van der Waals surface area contributed by atoms with Gasteiger partial charge in [-0.25, -0.2) is 0 Å². The van der Waals surface area contributed by atoms with E-state index in [-0.39, 0.29) is 11.8 Å². The molecule has 1 heterocycles. The van der Waals surface area contributed by atoms with E-state index in [9.17, 15) is 9.59 Å². The zero-order valence-electron chi connectivity index (χ0n) is 15.1. The standard InChI is InChI=1S/C21H23N3O2/c1-3-24-13-12-17-6-4-16(14-20(17)24)5-11-21(26)23-19-9-7-18(8-10-19)22-15(2)25/h4,6-10,12-14H,3,5,11H2,1-2H3,(H,22,25)(H,23,26). The molecule has 0 aliphatic rings. The number of fused-ring (bicyclic) bond motifs is 1. The molecule has 3 aromatic rings. The first-order valence-corrected chi connectivity index (χ1v) is 8.80. The van der Waals surface area contributed by atoms with Gasteiger partial charge in [-0.05, 0) is 60.7 Å². The third-order valence-corrected chi connectivity index (χ3v) is 4.31. The highest BCUT2D eigenvalue weighted by Gasteiger charge is 2.06. The quantitative estimate of drug-likeness (QED) is 0.701. The van der Waals surface area contributed by atoms with E-state index in [0.29, 0.717) is 18.5 Å². The predicted molar refractivity (Wildman–Crippen MR) is 105 cm³/mol. The van der Waals surface area contributed by atoms with Gasteiger partial charge in [-0.1, -0.05) is 12.1 Å². The zero-order valence-corrected chi connectivity index (χ0v) is 15.1. The number of benzene rings is 2. The number of anilines is 2. The van der Waals surface area contributed by atoms with Crippen LogP contribution in [0.4, 0.5) is 11.4 Å². The Morgan fingerprint density at radius 3 is 2.31 bits per heavy atom. The molecule has 2 N–H and O–H groups in total. The minimum atomic E-state index is -0.118. The van der Waals surface area contributed by atoms with Gasteiger partial charge in [-0.3, -0.25) is 9.59 Å². The molecule has 134 valence electrons. The van der Waals surface area contributed by atoms with Crippen LogP contribution in [0.15, 0.2) is 54.7 Å². The van der Waals surface area contributed by atoms with Crippen LogP contribution in [0.25, 0.3) is 10.9 Å². The lowest BCUT2D eigenvalue weighted by Crippen LogP contribution is -2.12. The summed E-state index contributed by atoms with van der Waals surface area (Å²) in [6.07, 6.45) is 3.21. The predicted octanol–water partition coefficient (Wildman–Crippen LogP) is 4.19. The Morgan fingerprint density at radius 2 is 1.65 bits per heavy atom. The van der Waals surface area contributed by atoms with Crippen LogP contribution in [0.3, 0.4) is 0 Å². The Bertz CT molecular complexity index is 926. The number of aryl methyl sites for hydroxylation is 2. The smallest absolute Gasteiger partial charge is 0.224 e. The molecule has 0 unspecified atom stereocenters. The largest absolute Gasteiger partial charge is 0.348 e. The maximum atomic E-state index is 12.2. The van der Waals surface area contributed by atoms with Gasteiger partial charge < -0.3 is 15.2 Å². The fraction of sp³-hybridized carbons (Fsp3) is 0.238. The summed E-state index contributed by atoms with van der Waals surface area (Å²) in [5, 5.41) is 6.81. The molecule has 5 heteroatoms. The number of nitrogens with one attached hydrogen (secondary N) is 2. The number of aromatic nitrogens is 1. The normalized spacial score (nSPS) is 10.7. The molecule has 2 aromatic carbocycles. The van der Waals surface area contributed by atoms with Crippen LogP contribution in [-0.2, 0) is 22.6 Å². The number of carbonyl (C=O) groups is 2. The van der Waals surface area contributed by atoms with Gasteiger partial charge in [0.1, 0.15) is 0 Å². The molecule has 0 aliphatic carbocycles. The van der Waals surface area contributed by atoms with Crippen molar-refractivity contribution < 1.29 is 9.59 Å². The maximum absolute atomic E-state index is 12.2. The number of rotatable bonds is 6. The van der Waals surface area contributed by atoms with Crippen LogP contribution in [-0.4, -0.2) is 16.4 Å². The molecule has 2 amide bonds. The molecule has 0 spiro atoms. The van der Waals surface area contributed by atoms with Crippen molar-refractivity contribution in [3.05, 3.63) is 60.3 Å². The summed E-state index contributed by atoms with van der Waals surface area (Å²) in [5.41, 5.74) is 3.79. The molecule has 3 rings (SSSR count). The van der Waals surface area contributed by atoms with E-state index in [2.05, 4.69) is 52.6 Å². The Balaban J connectivity index is 1.57. The average Bonchev–Trinajstić information content (AvgIpc) is 3.03. The van der Waals surface area contributed by atoms with Crippen molar-refractivity contribution in [1.82, 2.24) is 4.57 Å². The average molecular weight is 349 g/mol. The summed E-state index contributed by atoms with van der Waals surface area (Å²) in [6.45, 7) is 4.52. The highest BCUT2D eigenvalue weighted by atomic mass is 16.2. The second kappa shape index (κ2) is 7.87. The van der Waals surface area contributed by atoms with Crippen molar-refractivity contribution in [3.63, 3.8) is 0 Å². The third-order valence-electron chi connectivity index (χ3n) is 4.31. The summed E-state index contributed by atoms with van der Waals surface area (Å²) >= 11 is 0. The molecule has 0 saturated carbocycles. The number of nitrogens with zero attached hydrogens (tertiary/aromatic N) is 1. The van der Waals surface area contributed by atoms with E-state index in [0.717, 1.165) is 17.8 Å². The molecule has 0 saturated heterocycles. The van der Waals surface area contributed by atoms with Gasteiger partial charge >= 0.3 is 0 Å². The monoisotopic (exact) mass is 349 g/mol. The second-order valence-corrected chi connectivity index (χ2v) is 6.30. The SMILES string of the molecule is CCn1ccc2ccc(CCC(=O)Nc3ccc(NC(C)=O)cc3)cc21. The highest BCUT2D eigenvalue weighted by Crippen LogP contribution is 2.19. The van der Waals surface area contributed by atoms with Crippen LogP contribution >= 0.6 is 0 Å². The summed E-state index contributed by atoms with van der Waals surface area (Å²) < 4.78 is 2.20. The van der Waals surface area contributed by atoms with Crippen LogP contribution in [0.2, 0.25) is 0 Å². The van der Waals surface area contributed by atoms with Gasteiger partial charge in [0.2, 0.25) is 11.8 Å². The summed E-state index contributed by atoms with van der Waals surface area (Å²) in [5.74, 6) is -0.142. The summed E-state index contributed by atoms with van der Waals surface area (Å²) in [6, 6.07) is 15.6. The molecule has 1 aromatic heterocycles. The Morgan fingerprint density at radius 1 is 0.962 bits per heavy atom. The van der Waals surface area contributed by atoms with E-state index in [1.165, 1.54) is 17.8 Å². The Labute approximate surface area is 153 Å². The molecule has 0 radical (unpaired) electrons. The van der Waals surface area contributed by atoms with Crippen LogP contribution in [0.5, 0.6) is 0 Å². The molecule has 0 bridgehead atoms. The molecule has 0 fully saturated rings. The third kappa shape index (κ3) is 4.30. The van der Waals surface area contributed by atoms with Crippen LogP contribution in [0, 0.1) is 0 Å². The second-order valence-electron chi connectivity index (χ2n) is 6.30. The minimum absolute atomic E-state index is 0.0248. The fourth-order valence-corrected chi connectivity index (χ4v) is 2.98. The molecule has 0 atom stereocenters.